The van der Waals surface area contributed by atoms with Crippen molar-refractivity contribution in [2.45, 2.75) is 139 Å². The van der Waals surface area contributed by atoms with Gasteiger partial charge in [0.2, 0.25) is 11.9 Å². The molecule has 22 nitrogen and oxygen atoms in total. The fraction of sp³-hybridized carbons (Fsp3) is 0.410. The van der Waals surface area contributed by atoms with Gasteiger partial charge < -0.3 is 48.5 Å². The Morgan fingerprint density at radius 2 is 1.13 bits per heavy atom. The average molecular weight is 1200 g/mol. The lowest BCUT2D eigenvalue weighted by Crippen LogP contribution is -2.47. The Morgan fingerprint density at radius 1 is 0.663 bits per heavy atom. The van der Waals surface area contributed by atoms with E-state index in [0.29, 0.717) is 106 Å². The van der Waals surface area contributed by atoms with Gasteiger partial charge in [-0.1, -0.05) is 35.9 Å². The van der Waals surface area contributed by atoms with Crippen molar-refractivity contribution in [2.24, 2.45) is 0 Å². The zero-order valence-corrected chi connectivity index (χ0v) is 50.3. The molecule has 8 aromatic heterocycles. The van der Waals surface area contributed by atoms with E-state index in [2.05, 4.69) is 40.9 Å². The molecule has 2 aliphatic rings. The molecule has 3 N–H and O–H groups in total. The van der Waals surface area contributed by atoms with Gasteiger partial charge in [-0.2, -0.15) is 8.42 Å². The minimum Gasteiger partial charge on any atom is -0.444 e. The van der Waals surface area contributed by atoms with Crippen LogP contribution in [0.3, 0.4) is 0 Å². The second-order valence-corrected chi connectivity index (χ2v) is 23.2. The maximum atomic E-state index is 15.8. The lowest BCUT2D eigenvalue weighted by Gasteiger charge is -2.34. The van der Waals surface area contributed by atoms with E-state index in [0.717, 1.165) is 53.6 Å². The van der Waals surface area contributed by atoms with Crippen LogP contribution in [0.2, 0.25) is 0 Å². The van der Waals surface area contributed by atoms with Crippen LogP contribution in [0.4, 0.5) is 30.3 Å². The van der Waals surface area contributed by atoms with E-state index in [1.54, 1.807) is 56.1 Å². The van der Waals surface area contributed by atoms with Crippen LogP contribution >= 0.6 is 0 Å². The van der Waals surface area contributed by atoms with Crippen molar-refractivity contribution in [3.63, 3.8) is 0 Å². The maximum absolute atomic E-state index is 15.8. The topological polar surface area (TPSA) is 267 Å². The van der Waals surface area contributed by atoms with Crippen LogP contribution in [0.1, 0.15) is 109 Å². The molecular formula is C61H72F2N14O8S. The predicted octanol–water partition coefficient (Wildman–Crippen LogP) is 12.5. The van der Waals surface area contributed by atoms with E-state index in [9.17, 15) is 9.59 Å². The number of likely N-dealkylation sites (tertiary alicyclic amines) is 2. The highest BCUT2D eigenvalue weighted by Gasteiger charge is 2.31. The van der Waals surface area contributed by atoms with Gasteiger partial charge in [0.1, 0.15) is 57.0 Å². The standard InChI is InChI=1S/C33H36FN7O3.C27H32FN7O3.CH4.O2S/c1-19-16-35-31(36-22-11-10-14-40(17-22)32(42)43-33(4,5)6)38-28(19)25-18-41(23-12-8-7-9-13-23)30-24(25)15-26(34)29(37-30)27-20(2)39-44-21(27)3;1-14-11-30-25(31-17-8-7-9-35(13-17)26(36)37-27(4,5)6)33-22(14)19-12-29-24-18(19)10-20(28)23(32-24)21-15(2)34-38-16(21)3;;1-3-2/h7-9,12-13,15-16,18,22H,10-11,14,17H2,1-6H3,(H,35,36,38);10-12,17H,7-9,13H2,1-6H3,(H,29,32)(H,30,31,33);1H4;/t22-;17-;;/m00../s1. The Labute approximate surface area is 500 Å². The highest BCUT2D eigenvalue weighted by atomic mass is 32.1. The number of amides is 2. The monoisotopic (exact) mass is 1200 g/mol. The summed E-state index contributed by atoms with van der Waals surface area (Å²) in [4.78, 5) is 59.9. The van der Waals surface area contributed by atoms with Crippen LogP contribution in [-0.2, 0) is 21.0 Å². The summed E-state index contributed by atoms with van der Waals surface area (Å²) in [5.74, 6) is 0.937. The molecule has 2 atom stereocenters. The van der Waals surface area contributed by atoms with Crippen molar-refractivity contribution in [3.05, 3.63) is 113 Å². The van der Waals surface area contributed by atoms with Crippen LogP contribution in [0, 0.1) is 53.2 Å². The number of aromatic nitrogens is 10. The van der Waals surface area contributed by atoms with Crippen LogP contribution in [0.15, 0.2) is 76.3 Å². The molecule has 11 rings (SSSR count). The number of benzene rings is 1. The van der Waals surface area contributed by atoms with Gasteiger partial charge in [0, 0.05) is 90.6 Å². The molecule has 9 aromatic rings. The SMILES string of the molecule is C.Cc1cnc(N[C@H]2CCCN(C(=O)OC(C)(C)C)C2)nc1-c1c[nH]c2nc(-c3c(C)noc3C)c(F)cc12.Cc1cnc(N[C@H]2CCCN(C(=O)OC(C)(C)C)C2)nc1-c1cn(-c2ccccc2)c2nc(-c3c(C)noc3C)c(F)cc12.O=S=O. The van der Waals surface area contributed by atoms with E-state index in [-0.39, 0.29) is 43.1 Å². The van der Waals surface area contributed by atoms with Crippen molar-refractivity contribution in [1.29, 1.82) is 0 Å². The summed E-state index contributed by atoms with van der Waals surface area (Å²) in [5.41, 5.74) is 7.94. The van der Waals surface area contributed by atoms with E-state index in [1.807, 2.05) is 96.5 Å². The van der Waals surface area contributed by atoms with E-state index in [1.165, 1.54) is 12.1 Å². The third-order valence-corrected chi connectivity index (χ3v) is 14.2. The first kappa shape index (κ1) is 63.0. The van der Waals surface area contributed by atoms with Crippen LogP contribution < -0.4 is 10.6 Å². The first-order valence-electron chi connectivity index (χ1n) is 27.8. The van der Waals surface area contributed by atoms with Gasteiger partial charge in [-0.15, -0.1) is 0 Å². The molecule has 2 aliphatic heterocycles. The molecule has 0 bridgehead atoms. The van der Waals surface area contributed by atoms with Gasteiger partial charge in [0.25, 0.3) is 0 Å². The zero-order valence-electron chi connectivity index (χ0n) is 49.5. The minimum atomic E-state index is -0.750. The number of halogens is 2. The minimum absolute atomic E-state index is 0. The summed E-state index contributed by atoms with van der Waals surface area (Å²) in [5, 5.41) is 15.9. The molecule has 1 aromatic carbocycles. The predicted molar refractivity (Wildman–Crippen MR) is 323 cm³/mol. The van der Waals surface area contributed by atoms with Crippen molar-refractivity contribution < 1.29 is 45.3 Å². The third kappa shape index (κ3) is 14.2. The number of hydrogen-bond acceptors (Lipinski definition) is 18. The number of H-pyrrole nitrogens is 1. The van der Waals surface area contributed by atoms with Gasteiger partial charge >= 0.3 is 23.8 Å². The number of ether oxygens (including phenoxy) is 2. The van der Waals surface area contributed by atoms with Crippen molar-refractivity contribution in [3.8, 4) is 50.7 Å². The van der Waals surface area contributed by atoms with Crippen molar-refractivity contribution >= 4 is 57.7 Å². The van der Waals surface area contributed by atoms with Crippen LogP contribution in [-0.4, -0.2) is 130 Å². The molecule has 2 amide bonds. The van der Waals surface area contributed by atoms with Gasteiger partial charge in [-0.25, -0.2) is 48.3 Å². The molecule has 2 saturated heterocycles. The molecule has 86 heavy (non-hydrogen) atoms. The molecule has 0 saturated carbocycles. The number of aromatic amines is 1. The smallest absolute Gasteiger partial charge is 0.410 e. The first-order chi connectivity index (χ1) is 40.4. The van der Waals surface area contributed by atoms with Gasteiger partial charge in [-0.05, 0) is 144 Å². The number of fused-ring (bicyclic) bond motifs is 2. The van der Waals surface area contributed by atoms with Crippen LogP contribution in [0.25, 0.3) is 72.8 Å². The lowest BCUT2D eigenvalue weighted by atomic mass is 10.1. The molecule has 10 heterocycles. The normalized spacial score (nSPS) is 15.2. The average Bonchev–Trinajstić information content (AvgIpc) is 2.06. The van der Waals surface area contributed by atoms with Crippen molar-refractivity contribution in [1.82, 2.24) is 59.6 Å². The molecule has 0 unspecified atom stereocenters. The first-order valence-corrected chi connectivity index (χ1v) is 28.5. The number of nitrogens with zero attached hydrogens (tertiary/aromatic N) is 11. The highest BCUT2D eigenvalue weighted by Crippen LogP contribution is 2.38. The number of hydrogen-bond donors (Lipinski definition) is 3. The van der Waals surface area contributed by atoms with E-state index < -0.39 is 34.4 Å². The molecule has 2 fully saturated rings. The number of rotatable bonds is 9. The summed E-state index contributed by atoms with van der Waals surface area (Å²) in [6.07, 6.45) is 9.97. The fourth-order valence-electron chi connectivity index (χ4n) is 10.4. The molecular weight excluding hydrogens is 1130 g/mol. The summed E-state index contributed by atoms with van der Waals surface area (Å²) < 4.78 is 71.3. The molecule has 0 radical (unpaired) electrons. The van der Waals surface area contributed by atoms with E-state index >= 15 is 8.78 Å². The largest absolute Gasteiger partial charge is 0.444 e. The Balaban J connectivity index is 0.000000213. The Bertz CT molecular complexity index is 3920. The summed E-state index contributed by atoms with van der Waals surface area (Å²) in [7, 11) is 0. The second kappa shape index (κ2) is 26.1. The maximum Gasteiger partial charge on any atom is 0.410 e. The number of carbonyl (C=O) groups excluding carboxylic acids is 2. The summed E-state index contributed by atoms with van der Waals surface area (Å²) in [6.45, 7) is 24.3. The zero-order chi connectivity index (χ0) is 61.1. The lowest BCUT2D eigenvalue weighted by molar-refractivity contribution is 0.0196. The summed E-state index contributed by atoms with van der Waals surface area (Å²) >= 11 is -0.750. The highest BCUT2D eigenvalue weighted by molar-refractivity contribution is 7.51. The number of para-hydroxylation sites is 1. The van der Waals surface area contributed by atoms with Gasteiger partial charge in [0.15, 0.2) is 0 Å². The van der Waals surface area contributed by atoms with Gasteiger partial charge in [0.05, 0.1) is 33.9 Å². The number of nitrogens with one attached hydrogen (secondary N) is 3. The third-order valence-electron chi connectivity index (χ3n) is 14.2. The number of piperidine rings is 2. The number of pyridine rings is 2. The van der Waals surface area contributed by atoms with Gasteiger partial charge in [-0.3, -0.25) is 0 Å². The Hall–Kier alpha value is -9.00. The second-order valence-electron chi connectivity index (χ2n) is 23.1. The summed E-state index contributed by atoms with van der Waals surface area (Å²) in [6, 6.07) is 12.7. The molecule has 0 aliphatic carbocycles. The van der Waals surface area contributed by atoms with E-state index in [4.69, 9.17) is 41.9 Å². The number of carbonyl (C=O) groups is 2. The Morgan fingerprint density at radius 3 is 1.59 bits per heavy atom. The van der Waals surface area contributed by atoms with Crippen LogP contribution in [0.5, 0.6) is 0 Å². The quantitative estimate of drug-likeness (QED) is 0.121. The number of aryl methyl sites for hydroxylation is 6. The molecule has 454 valence electrons. The molecule has 0 spiro atoms. The molecule has 25 heteroatoms. The fourth-order valence-corrected chi connectivity index (χ4v) is 10.4. The number of anilines is 2. The van der Waals surface area contributed by atoms with Crippen molar-refractivity contribution in [2.75, 3.05) is 36.8 Å². The Kier molecular flexibility index (Phi) is 19.1.